The molecule has 2 atom stereocenters. The predicted octanol–water partition coefficient (Wildman–Crippen LogP) is 0.605. The van der Waals surface area contributed by atoms with E-state index in [9.17, 15) is 4.79 Å². The number of ketones is 1. The third-order valence-corrected chi connectivity index (χ3v) is 2.51. The second-order valence-corrected chi connectivity index (χ2v) is 4.24. The van der Waals surface area contributed by atoms with E-state index in [1.807, 2.05) is 20.2 Å². The highest BCUT2D eigenvalue weighted by atomic mass is 16.5. The molecule has 0 unspecified atom stereocenters. The molecule has 0 aromatic heterocycles. The molecule has 3 heteroatoms. The Bertz CT molecular complexity index is 260. The quantitative estimate of drug-likeness (QED) is 0.584. The second-order valence-electron chi connectivity index (χ2n) is 4.24. The van der Waals surface area contributed by atoms with Crippen LogP contribution in [0.1, 0.15) is 12.8 Å². The van der Waals surface area contributed by atoms with E-state index in [4.69, 9.17) is 4.74 Å². The Balaban J connectivity index is 2.13. The smallest absolute Gasteiger partial charge is 0.139 e. The summed E-state index contributed by atoms with van der Waals surface area (Å²) in [4.78, 5) is 13.4. The molecule has 2 aliphatic rings. The normalized spacial score (nSPS) is 37.5. The standard InChI is InChI=1S/C10H15NO2/c1-11(2)7-10-4-3-9(13-10)5-8(12)6-10/h3-4,9H,5-7H2,1-2H3/t9-,10-/m0/s1. The van der Waals surface area contributed by atoms with Crippen LogP contribution in [0.25, 0.3) is 0 Å². The van der Waals surface area contributed by atoms with Gasteiger partial charge in [0.25, 0.3) is 0 Å². The zero-order chi connectivity index (χ0) is 9.47. The first-order valence-electron chi connectivity index (χ1n) is 4.63. The van der Waals surface area contributed by atoms with E-state index >= 15 is 0 Å². The lowest BCUT2D eigenvalue weighted by molar-refractivity contribution is -0.138. The molecule has 72 valence electrons. The van der Waals surface area contributed by atoms with Crippen LogP contribution in [0.3, 0.4) is 0 Å². The van der Waals surface area contributed by atoms with Crippen LogP contribution in [0.4, 0.5) is 0 Å². The number of Topliss-reactive ketones (excluding diaryl/α,β-unsaturated/α-hetero) is 1. The number of carbonyl (C=O) groups excluding carboxylic acids is 1. The number of ether oxygens (including phenoxy) is 1. The molecule has 2 heterocycles. The number of likely N-dealkylation sites (N-methyl/N-ethyl adjacent to an activating group) is 1. The Morgan fingerprint density at radius 2 is 2.46 bits per heavy atom. The molecule has 0 aliphatic carbocycles. The Morgan fingerprint density at radius 3 is 3.15 bits per heavy atom. The molecule has 1 saturated heterocycles. The molecule has 0 aromatic rings. The van der Waals surface area contributed by atoms with Gasteiger partial charge in [-0.3, -0.25) is 4.79 Å². The molecule has 1 fully saturated rings. The number of fused-ring (bicyclic) bond motifs is 2. The summed E-state index contributed by atoms with van der Waals surface area (Å²) in [6.45, 7) is 0.797. The van der Waals surface area contributed by atoms with Gasteiger partial charge in [0.2, 0.25) is 0 Å². The van der Waals surface area contributed by atoms with Crippen molar-refractivity contribution in [2.75, 3.05) is 20.6 Å². The first-order valence-corrected chi connectivity index (χ1v) is 4.63. The monoisotopic (exact) mass is 181 g/mol. The highest BCUT2D eigenvalue weighted by Crippen LogP contribution is 2.34. The molecule has 13 heavy (non-hydrogen) atoms. The fraction of sp³-hybridized carbons (Fsp3) is 0.700. The maximum Gasteiger partial charge on any atom is 0.139 e. The van der Waals surface area contributed by atoms with Crippen molar-refractivity contribution in [2.24, 2.45) is 0 Å². The Hall–Kier alpha value is -0.670. The molecular formula is C10H15NO2. The van der Waals surface area contributed by atoms with Crippen LogP contribution < -0.4 is 0 Å². The van der Waals surface area contributed by atoms with Crippen molar-refractivity contribution in [3.63, 3.8) is 0 Å². The van der Waals surface area contributed by atoms with Crippen LogP contribution in [0.5, 0.6) is 0 Å². The van der Waals surface area contributed by atoms with Crippen molar-refractivity contribution in [1.29, 1.82) is 0 Å². The minimum atomic E-state index is -0.316. The van der Waals surface area contributed by atoms with Gasteiger partial charge in [0, 0.05) is 19.4 Å². The first-order chi connectivity index (χ1) is 6.10. The summed E-state index contributed by atoms with van der Waals surface area (Å²) >= 11 is 0. The Kier molecular flexibility index (Phi) is 2.00. The lowest BCUT2D eigenvalue weighted by Crippen LogP contribution is -2.45. The summed E-state index contributed by atoms with van der Waals surface area (Å²) in [6.07, 6.45) is 5.22. The van der Waals surface area contributed by atoms with E-state index in [-0.39, 0.29) is 11.7 Å². The minimum Gasteiger partial charge on any atom is -0.361 e. The van der Waals surface area contributed by atoms with Crippen molar-refractivity contribution in [3.05, 3.63) is 12.2 Å². The fourth-order valence-electron chi connectivity index (χ4n) is 2.18. The third kappa shape index (κ3) is 1.67. The van der Waals surface area contributed by atoms with E-state index in [0.717, 1.165) is 6.54 Å². The molecule has 2 bridgehead atoms. The van der Waals surface area contributed by atoms with E-state index in [1.54, 1.807) is 0 Å². The summed E-state index contributed by atoms with van der Waals surface area (Å²) in [5.41, 5.74) is -0.316. The van der Waals surface area contributed by atoms with Crippen LogP contribution in [0.2, 0.25) is 0 Å². The molecule has 0 spiro atoms. The zero-order valence-corrected chi connectivity index (χ0v) is 8.12. The molecule has 2 aliphatic heterocycles. The predicted molar refractivity (Wildman–Crippen MR) is 49.5 cm³/mol. The van der Waals surface area contributed by atoms with E-state index in [0.29, 0.717) is 18.6 Å². The van der Waals surface area contributed by atoms with Crippen LogP contribution in [0.15, 0.2) is 12.2 Å². The van der Waals surface area contributed by atoms with Gasteiger partial charge in [-0.05, 0) is 14.1 Å². The van der Waals surface area contributed by atoms with Crippen LogP contribution in [-0.2, 0) is 9.53 Å². The zero-order valence-electron chi connectivity index (χ0n) is 8.12. The second kappa shape index (κ2) is 2.93. The molecule has 0 saturated carbocycles. The van der Waals surface area contributed by atoms with Gasteiger partial charge in [0.05, 0.1) is 6.10 Å². The molecule has 0 amide bonds. The molecule has 3 nitrogen and oxygen atoms in total. The third-order valence-electron chi connectivity index (χ3n) is 2.51. The number of hydrogen-bond donors (Lipinski definition) is 0. The number of hydrogen-bond acceptors (Lipinski definition) is 3. The Labute approximate surface area is 78.4 Å². The van der Waals surface area contributed by atoms with Crippen molar-refractivity contribution in [1.82, 2.24) is 4.90 Å². The number of carbonyl (C=O) groups is 1. The largest absolute Gasteiger partial charge is 0.361 e. The summed E-state index contributed by atoms with van der Waals surface area (Å²) < 4.78 is 5.79. The highest BCUT2D eigenvalue weighted by Gasteiger charge is 2.42. The van der Waals surface area contributed by atoms with Crippen molar-refractivity contribution < 1.29 is 9.53 Å². The van der Waals surface area contributed by atoms with E-state index < -0.39 is 0 Å². The van der Waals surface area contributed by atoms with Gasteiger partial charge in [0.15, 0.2) is 0 Å². The van der Waals surface area contributed by atoms with Gasteiger partial charge in [-0.25, -0.2) is 0 Å². The van der Waals surface area contributed by atoms with Crippen molar-refractivity contribution in [2.45, 2.75) is 24.5 Å². The average Bonchev–Trinajstić information content (AvgIpc) is 2.24. The summed E-state index contributed by atoms with van der Waals surface area (Å²) in [6, 6.07) is 0. The van der Waals surface area contributed by atoms with Gasteiger partial charge in [0.1, 0.15) is 11.4 Å². The van der Waals surface area contributed by atoms with Gasteiger partial charge in [-0.1, -0.05) is 12.2 Å². The molecule has 0 N–H and O–H groups in total. The maximum atomic E-state index is 11.4. The number of rotatable bonds is 2. The summed E-state index contributed by atoms with van der Waals surface area (Å²) in [5, 5.41) is 0. The summed E-state index contributed by atoms with van der Waals surface area (Å²) in [5.74, 6) is 0.322. The van der Waals surface area contributed by atoms with E-state index in [1.165, 1.54) is 0 Å². The first kappa shape index (κ1) is 8.91. The molecule has 0 radical (unpaired) electrons. The van der Waals surface area contributed by atoms with Gasteiger partial charge in [-0.2, -0.15) is 0 Å². The lowest BCUT2D eigenvalue weighted by Gasteiger charge is -2.34. The van der Waals surface area contributed by atoms with Crippen molar-refractivity contribution in [3.8, 4) is 0 Å². The molecule has 0 aromatic carbocycles. The van der Waals surface area contributed by atoms with Gasteiger partial charge < -0.3 is 9.64 Å². The van der Waals surface area contributed by atoms with Gasteiger partial charge in [-0.15, -0.1) is 0 Å². The van der Waals surface area contributed by atoms with E-state index in [2.05, 4.69) is 11.0 Å². The van der Waals surface area contributed by atoms with Crippen LogP contribution in [0, 0.1) is 0 Å². The minimum absolute atomic E-state index is 0.0428. The highest BCUT2D eigenvalue weighted by molar-refractivity contribution is 5.82. The van der Waals surface area contributed by atoms with Crippen molar-refractivity contribution >= 4 is 5.78 Å². The number of nitrogens with zero attached hydrogens (tertiary/aromatic N) is 1. The Morgan fingerprint density at radius 1 is 1.69 bits per heavy atom. The maximum absolute atomic E-state index is 11.4. The fourth-order valence-corrected chi connectivity index (χ4v) is 2.18. The molecule has 2 rings (SSSR count). The van der Waals surface area contributed by atoms with Crippen LogP contribution in [-0.4, -0.2) is 43.0 Å². The molecular weight excluding hydrogens is 166 g/mol. The topological polar surface area (TPSA) is 29.5 Å². The van der Waals surface area contributed by atoms with Crippen LogP contribution >= 0.6 is 0 Å². The average molecular weight is 181 g/mol. The summed E-state index contributed by atoms with van der Waals surface area (Å²) in [7, 11) is 4.00. The lowest BCUT2D eigenvalue weighted by atomic mass is 9.94. The van der Waals surface area contributed by atoms with Gasteiger partial charge >= 0.3 is 0 Å². The SMILES string of the molecule is CN(C)C[C@]12C=C[C@@H](CC(=O)C1)O2.